The molecule has 1 heterocycles. The van der Waals surface area contributed by atoms with E-state index in [-0.39, 0.29) is 4.91 Å². The topological polar surface area (TPSA) is 80.1 Å². The third-order valence-electron chi connectivity index (χ3n) is 3.08. The second kappa shape index (κ2) is 10.0. The van der Waals surface area contributed by atoms with Gasteiger partial charge in [-0.15, -0.1) is 16.9 Å². The number of hydrogen-bond acceptors (Lipinski definition) is 7. The third kappa shape index (κ3) is 6.39. The van der Waals surface area contributed by atoms with Crippen molar-refractivity contribution in [1.29, 1.82) is 0 Å². The van der Waals surface area contributed by atoms with Gasteiger partial charge in [0.25, 0.3) is 5.91 Å². The summed E-state index contributed by atoms with van der Waals surface area (Å²) in [6, 6.07) is 8.04. The molecule has 1 amide bonds. The second-order valence-electron chi connectivity index (χ2n) is 5.01. The van der Waals surface area contributed by atoms with E-state index < -0.39 is 11.9 Å². The molecule has 1 fully saturated rings. The maximum Gasteiger partial charge on any atom is 0.331 e. The predicted molar refractivity (Wildman–Crippen MR) is 103 cm³/mol. The average molecular weight is 377 g/mol. The molecule has 0 aliphatic carbocycles. The van der Waals surface area contributed by atoms with E-state index in [2.05, 4.69) is 33.2 Å². The SMILES string of the molecule is CCCCSc1cccc(C=N/N=C2/NC(=O)/C(=C\C(=O)OC)S2)c1. The van der Waals surface area contributed by atoms with Crippen LogP contribution in [-0.2, 0) is 14.3 Å². The Morgan fingerprint density at radius 1 is 1.44 bits per heavy atom. The van der Waals surface area contributed by atoms with E-state index in [1.165, 1.54) is 24.8 Å². The summed E-state index contributed by atoms with van der Waals surface area (Å²) in [4.78, 5) is 24.3. The van der Waals surface area contributed by atoms with Crippen LogP contribution in [0, 0.1) is 0 Å². The molecule has 0 aromatic heterocycles. The summed E-state index contributed by atoms with van der Waals surface area (Å²) in [7, 11) is 1.25. The third-order valence-corrected chi connectivity index (χ3v) is 5.06. The molecule has 25 heavy (non-hydrogen) atoms. The van der Waals surface area contributed by atoms with Crippen LogP contribution < -0.4 is 5.32 Å². The van der Waals surface area contributed by atoms with Crippen molar-refractivity contribution in [3.63, 3.8) is 0 Å². The highest BCUT2D eigenvalue weighted by molar-refractivity contribution is 8.18. The van der Waals surface area contributed by atoms with Crippen molar-refractivity contribution in [3.8, 4) is 0 Å². The zero-order valence-corrected chi connectivity index (χ0v) is 15.7. The number of amidine groups is 1. The van der Waals surface area contributed by atoms with Gasteiger partial charge in [0.2, 0.25) is 0 Å². The molecule has 0 unspecified atom stereocenters. The minimum atomic E-state index is -0.584. The summed E-state index contributed by atoms with van der Waals surface area (Å²) >= 11 is 2.86. The Morgan fingerprint density at radius 2 is 2.28 bits per heavy atom. The fourth-order valence-corrected chi connectivity index (χ4v) is 3.61. The standard InChI is InChI=1S/C17H19N3O3S2/c1-3-4-8-24-13-7-5-6-12(9-13)11-18-20-17-19-16(22)14(25-17)10-15(21)23-2/h5-7,9-11H,3-4,8H2,1-2H3,(H,19,20,22)/b14-10+,18-11?. The van der Waals surface area contributed by atoms with Gasteiger partial charge in [0, 0.05) is 11.0 Å². The fourth-order valence-electron chi connectivity index (χ4n) is 1.81. The van der Waals surface area contributed by atoms with E-state index in [0.29, 0.717) is 5.17 Å². The maximum atomic E-state index is 11.7. The molecule has 2 rings (SSSR count). The Balaban J connectivity index is 1.97. The second-order valence-corrected chi connectivity index (χ2v) is 7.21. The summed E-state index contributed by atoms with van der Waals surface area (Å²) < 4.78 is 4.50. The van der Waals surface area contributed by atoms with E-state index in [1.807, 2.05) is 30.0 Å². The van der Waals surface area contributed by atoms with Crippen LogP contribution in [0.4, 0.5) is 0 Å². The highest BCUT2D eigenvalue weighted by atomic mass is 32.2. The van der Waals surface area contributed by atoms with Gasteiger partial charge in [0.15, 0.2) is 5.17 Å². The molecule has 0 radical (unpaired) electrons. The highest BCUT2D eigenvalue weighted by Crippen LogP contribution is 2.23. The number of nitrogens with one attached hydrogen (secondary N) is 1. The van der Waals surface area contributed by atoms with Crippen molar-refractivity contribution in [2.45, 2.75) is 24.7 Å². The Kier molecular flexibility index (Phi) is 7.75. The lowest BCUT2D eigenvalue weighted by Gasteiger charge is -2.01. The molecular weight excluding hydrogens is 358 g/mol. The summed E-state index contributed by atoms with van der Waals surface area (Å²) in [5.41, 5.74) is 0.936. The smallest absolute Gasteiger partial charge is 0.331 e. The predicted octanol–water partition coefficient (Wildman–Crippen LogP) is 3.19. The number of methoxy groups -OCH3 is 1. The van der Waals surface area contributed by atoms with Crippen LogP contribution in [0.3, 0.4) is 0 Å². The maximum absolute atomic E-state index is 11.7. The Morgan fingerprint density at radius 3 is 3.04 bits per heavy atom. The molecule has 1 aromatic carbocycles. The van der Waals surface area contributed by atoms with Gasteiger partial charge in [-0.1, -0.05) is 25.5 Å². The number of thioether (sulfide) groups is 2. The van der Waals surface area contributed by atoms with Crippen molar-refractivity contribution in [2.75, 3.05) is 12.9 Å². The van der Waals surface area contributed by atoms with E-state index in [0.717, 1.165) is 29.2 Å². The number of amides is 1. The molecule has 0 saturated carbocycles. The molecule has 0 atom stereocenters. The molecule has 1 saturated heterocycles. The Bertz CT molecular complexity index is 730. The van der Waals surface area contributed by atoms with E-state index in [4.69, 9.17) is 0 Å². The zero-order valence-electron chi connectivity index (χ0n) is 14.0. The summed E-state index contributed by atoms with van der Waals surface area (Å²) in [5.74, 6) is 0.121. The van der Waals surface area contributed by atoms with E-state index >= 15 is 0 Å². The lowest BCUT2D eigenvalue weighted by Crippen LogP contribution is -2.19. The monoisotopic (exact) mass is 377 g/mol. The first-order valence-corrected chi connectivity index (χ1v) is 9.55. The molecule has 0 bridgehead atoms. The van der Waals surface area contributed by atoms with Gasteiger partial charge in [-0.05, 0) is 41.6 Å². The van der Waals surface area contributed by atoms with Crippen LogP contribution in [0.1, 0.15) is 25.3 Å². The number of ether oxygens (including phenoxy) is 1. The summed E-state index contributed by atoms with van der Waals surface area (Å²) in [5, 5.41) is 10.8. The average Bonchev–Trinajstić information content (AvgIpc) is 2.95. The van der Waals surface area contributed by atoms with Crippen molar-refractivity contribution in [2.24, 2.45) is 10.2 Å². The van der Waals surface area contributed by atoms with Crippen LogP contribution >= 0.6 is 23.5 Å². The molecule has 6 nitrogen and oxygen atoms in total. The molecule has 0 spiro atoms. The largest absolute Gasteiger partial charge is 0.466 e. The van der Waals surface area contributed by atoms with Crippen LogP contribution in [-0.4, -0.2) is 36.1 Å². The van der Waals surface area contributed by atoms with Gasteiger partial charge >= 0.3 is 5.97 Å². The number of nitrogens with zero attached hydrogens (tertiary/aromatic N) is 2. The number of benzene rings is 1. The van der Waals surface area contributed by atoms with Crippen LogP contribution in [0.25, 0.3) is 0 Å². The Hall–Kier alpha value is -2.06. The number of carbonyl (C=O) groups is 2. The van der Waals surface area contributed by atoms with Gasteiger partial charge in [-0.25, -0.2) is 4.79 Å². The van der Waals surface area contributed by atoms with Crippen LogP contribution in [0.2, 0.25) is 0 Å². The van der Waals surface area contributed by atoms with Gasteiger partial charge < -0.3 is 4.74 Å². The van der Waals surface area contributed by atoms with Crippen LogP contribution in [0.5, 0.6) is 0 Å². The van der Waals surface area contributed by atoms with Crippen molar-refractivity contribution in [3.05, 3.63) is 40.8 Å². The first-order valence-electron chi connectivity index (χ1n) is 7.75. The summed E-state index contributed by atoms with van der Waals surface area (Å²) in [6.07, 6.45) is 5.13. The van der Waals surface area contributed by atoms with Crippen molar-refractivity contribution >= 4 is 46.8 Å². The molecule has 1 N–H and O–H groups in total. The normalized spacial score (nSPS) is 17.4. The highest BCUT2D eigenvalue weighted by Gasteiger charge is 2.24. The molecule has 132 valence electrons. The number of hydrogen-bond donors (Lipinski definition) is 1. The summed E-state index contributed by atoms with van der Waals surface area (Å²) in [6.45, 7) is 2.18. The van der Waals surface area contributed by atoms with Gasteiger partial charge in [-0.2, -0.15) is 5.10 Å². The zero-order chi connectivity index (χ0) is 18.1. The number of unbranched alkanes of at least 4 members (excludes halogenated alkanes) is 1. The number of carbonyl (C=O) groups excluding carboxylic acids is 2. The molecule has 1 aliphatic rings. The minimum absolute atomic E-state index is 0.232. The molecule has 1 aromatic rings. The minimum Gasteiger partial charge on any atom is -0.466 e. The molecule has 1 aliphatic heterocycles. The first kappa shape index (κ1) is 19.3. The van der Waals surface area contributed by atoms with Gasteiger partial charge in [0.1, 0.15) is 0 Å². The van der Waals surface area contributed by atoms with Crippen molar-refractivity contribution < 1.29 is 14.3 Å². The lowest BCUT2D eigenvalue weighted by atomic mass is 10.2. The Labute approximate surface area is 155 Å². The van der Waals surface area contributed by atoms with Gasteiger partial charge in [-0.3, -0.25) is 10.1 Å². The van der Waals surface area contributed by atoms with E-state index in [1.54, 1.807) is 6.21 Å². The number of rotatable bonds is 7. The van der Waals surface area contributed by atoms with Gasteiger partial charge in [0.05, 0.1) is 18.2 Å². The molecule has 8 heteroatoms. The first-order chi connectivity index (χ1) is 12.1. The molecular formula is C17H19N3O3S2. The fraction of sp³-hybridized carbons (Fsp3) is 0.294. The van der Waals surface area contributed by atoms with Crippen LogP contribution in [0.15, 0.2) is 50.3 Å². The lowest BCUT2D eigenvalue weighted by molar-refractivity contribution is -0.135. The quantitative estimate of drug-likeness (QED) is 0.197. The van der Waals surface area contributed by atoms with Crippen molar-refractivity contribution in [1.82, 2.24) is 5.32 Å². The number of esters is 1. The van der Waals surface area contributed by atoms with E-state index in [9.17, 15) is 9.59 Å².